The summed E-state index contributed by atoms with van der Waals surface area (Å²) in [5.41, 5.74) is 12.7. The highest BCUT2D eigenvalue weighted by atomic mass is 16.5. The summed E-state index contributed by atoms with van der Waals surface area (Å²) in [6.45, 7) is 25.9. The van der Waals surface area contributed by atoms with Gasteiger partial charge in [0.1, 0.15) is 17.3 Å². The minimum atomic E-state index is -0.225. The third-order valence-electron chi connectivity index (χ3n) is 13.0. The summed E-state index contributed by atoms with van der Waals surface area (Å²) in [5, 5.41) is 2.42. The number of benzene rings is 6. The van der Waals surface area contributed by atoms with Gasteiger partial charge in [0, 0.05) is 58.3 Å². The average molecular weight is 843 g/mol. The topological polar surface area (TPSA) is 33.5 Å². The second kappa shape index (κ2) is 15.9. The molecule has 6 aromatic carbocycles. The van der Waals surface area contributed by atoms with E-state index in [1.807, 2.05) is 6.20 Å². The van der Waals surface area contributed by atoms with E-state index in [2.05, 4.69) is 249 Å². The molecule has 9 rings (SSSR count). The van der Waals surface area contributed by atoms with Gasteiger partial charge in [-0.2, -0.15) is 0 Å². The van der Waals surface area contributed by atoms with Gasteiger partial charge < -0.3 is 14.5 Å². The summed E-state index contributed by atoms with van der Waals surface area (Å²) in [7, 11) is 0. The van der Waals surface area contributed by atoms with Gasteiger partial charge in [-0.05, 0) is 104 Å². The summed E-state index contributed by atoms with van der Waals surface area (Å²) < 4.78 is 9.45. The van der Waals surface area contributed by atoms with Gasteiger partial charge in [-0.25, -0.2) is 4.98 Å². The van der Waals surface area contributed by atoms with Gasteiger partial charge in [-0.15, -0.1) is 0 Å². The third-order valence-corrected chi connectivity index (χ3v) is 13.0. The molecular weight excluding hydrogens is 781 g/mol. The van der Waals surface area contributed by atoms with E-state index >= 15 is 0 Å². The molecule has 0 N–H and O–H groups in total. The number of rotatable bonds is 8. The Hall–Kier alpha value is -6.59. The Morgan fingerprint density at radius 1 is 0.469 bits per heavy atom. The first kappa shape index (κ1) is 42.7. The fourth-order valence-corrected chi connectivity index (χ4v) is 9.06. The van der Waals surface area contributed by atoms with Crippen LogP contribution in [0.3, 0.4) is 0 Å². The third kappa shape index (κ3) is 8.20. The van der Waals surface area contributed by atoms with E-state index in [0.717, 1.165) is 45.2 Å². The number of hydrogen-bond acceptors (Lipinski definition) is 4. The highest BCUT2D eigenvalue weighted by molar-refractivity contribution is 6.11. The molecule has 1 aliphatic rings. The maximum Gasteiger partial charge on any atom is 0.137 e. The predicted octanol–water partition coefficient (Wildman–Crippen LogP) is 15.6. The molecule has 0 atom stereocenters. The van der Waals surface area contributed by atoms with Crippen LogP contribution in [0.4, 0.5) is 11.4 Å². The van der Waals surface area contributed by atoms with Crippen molar-refractivity contribution in [3.05, 3.63) is 192 Å². The Morgan fingerprint density at radius 3 is 1.70 bits per heavy atom. The second-order valence-corrected chi connectivity index (χ2v) is 21.2. The molecule has 0 radical (unpaired) electrons. The first-order valence-electron chi connectivity index (χ1n) is 22.7. The quantitative estimate of drug-likeness (QED) is 0.153. The van der Waals surface area contributed by atoms with E-state index in [-0.39, 0.29) is 21.7 Å². The van der Waals surface area contributed by atoms with Crippen molar-refractivity contribution >= 4 is 33.2 Å². The largest absolute Gasteiger partial charge is 0.457 e. The van der Waals surface area contributed by atoms with E-state index < -0.39 is 0 Å². The predicted molar refractivity (Wildman–Crippen MR) is 271 cm³/mol. The van der Waals surface area contributed by atoms with Crippen LogP contribution in [0.2, 0.25) is 0 Å². The van der Waals surface area contributed by atoms with E-state index in [4.69, 9.17) is 9.72 Å². The lowest BCUT2D eigenvalue weighted by atomic mass is 9.78. The maximum atomic E-state index is 7.13. The summed E-state index contributed by atoms with van der Waals surface area (Å²) in [6.07, 6.45) is 6.35. The van der Waals surface area contributed by atoms with Crippen LogP contribution in [0.1, 0.15) is 104 Å². The minimum Gasteiger partial charge on any atom is -0.457 e. The molecule has 3 heterocycles. The van der Waals surface area contributed by atoms with Crippen LogP contribution in [0, 0.1) is 0 Å². The van der Waals surface area contributed by atoms with Gasteiger partial charge in [0.2, 0.25) is 0 Å². The standard InChI is InChI=1S/C59H62N4O/c1-56(2,3)44-32-45(57(4,5)6)34-47(33-44)62-29-28-61(39-62)46-30-41(40-20-14-12-15-21-40)31-48(36-46)64-49-37-51(58(7,8)9)55-50-24-18-19-25-52(50)63(53(55)38-49)54-35-43(26-27-60-54)59(10,11)42-22-16-13-17-23-42/h12-38H,39H2,1-11H3. The van der Waals surface area contributed by atoms with Gasteiger partial charge >= 0.3 is 0 Å². The van der Waals surface area contributed by atoms with Crippen LogP contribution in [-0.4, -0.2) is 16.2 Å². The SMILES string of the molecule is CC(C)(C)c1cc(N2C=CN(c3cc(Oc4cc(C(C)(C)C)c5c6ccccc6n(-c6cc(C(C)(C)c7ccccc7)ccn6)c5c4)cc(-c4ccccc4)c3)C2)cc(C(C)(C)C)c1. The molecule has 2 aromatic heterocycles. The average Bonchev–Trinajstić information content (AvgIpc) is 3.90. The lowest BCUT2D eigenvalue weighted by Crippen LogP contribution is -2.26. The highest BCUT2D eigenvalue weighted by Gasteiger charge is 2.28. The van der Waals surface area contributed by atoms with Crippen molar-refractivity contribution in [2.75, 3.05) is 16.5 Å². The number of ether oxygens (including phenoxy) is 1. The molecule has 1 aliphatic heterocycles. The molecular formula is C59H62N4O. The van der Waals surface area contributed by atoms with E-state index in [0.29, 0.717) is 6.67 Å². The Morgan fingerprint density at radius 2 is 1.06 bits per heavy atom. The van der Waals surface area contributed by atoms with E-state index in [9.17, 15) is 0 Å². The molecule has 0 bridgehead atoms. The fraction of sp³-hybridized carbons (Fsp3) is 0.271. The van der Waals surface area contributed by atoms with Crippen molar-refractivity contribution < 1.29 is 4.74 Å². The lowest BCUT2D eigenvalue weighted by molar-refractivity contribution is 0.480. The minimum absolute atomic E-state index is 0.0272. The Bertz CT molecular complexity index is 2990. The van der Waals surface area contributed by atoms with Crippen molar-refractivity contribution in [3.8, 4) is 28.4 Å². The number of pyridine rings is 1. The highest BCUT2D eigenvalue weighted by Crippen LogP contribution is 2.44. The first-order valence-corrected chi connectivity index (χ1v) is 22.7. The Kier molecular flexibility index (Phi) is 10.6. The smallest absolute Gasteiger partial charge is 0.137 e. The van der Waals surface area contributed by atoms with Crippen molar-refractivity contribution in [3.63, 3.8) is 0 Å². The van der Waals surface area contributed by atoms with Crippen LogP contribution < -0.4 is 14.5 Å². The van der Waals surface area contributed by atoms with Crippen LogP contribution in [0.15, 0.2) is 164 Å². The summed E-state index contributed by atoms with van der Waals surface area (Å²) in [6, 6.07) is 52.7. The molecule has 0 fully saturated rings. The fourth-order valence-electron chi connectivity index (χ4n) is 9.06. The van der Waals surface area contributed by atoms with Crippen molar-refractivity contribution in [2.24, 2.45) is 0 Å². The molecule has 324 valence electrons. The van der Waals surface area contributed by atoms with Crippen LogP contribution in [0.25, 0.3) is 38.8 Å². The van der Waals surface area contributed by atoms with Crippen molar-refractivity contribution in [1.29, 1.82) is 0 Å². The number of hydrogen-bond donors (Lipinski definition) is 0. The zero-order chi connectivity index (χ0) is 45.2. The second-order valence-electron chi connectivity index (χ2n) is 21.2. The van der Waals surface area contributed by atoms with Crippen LogP contribution in [-0.2, 0) is 21.7 Å². The van der Waals surface area contributed by atoms with Gasteiger partial charge in [0.05, 0.1) is 17.7 Å². The summed E-state index contributed by atoms with van der Waals surface area (Å²) in [4.78, 5) is 9.73. The molecule has 5 nitrogen and oxygen atoms in total. The number of para-hydroxylation sites is 1. The maximum absolute atomic E-state index is 7.13. The van der Waals surface area contributed by atoms with Gasteiger partial charge in [-0.3, -0.25) is 4.57 Å². The van der Waals surface area contributed by atoms with E-state index in [1.54, 1.807) is 0 Å². The number of anilines is 2. The molecule has 5 heteroatoms. The molecule has 0 spiro atoms. The van der Waals surface area contributed by atoms with E-state index in [1.165, 1.54) is 44.3 Å². The first-order chi connectivity index (χ1) is 30.3. The Labute approximate surface area is 380 Å². The van der Waals surface area contributed by atoms with Gasteiger partial charge in [0.25, 0.3) is 0 Å². The summed E-state index contributed by atoms with van der Waals surface area (Å²) in [5.74, 6) is 2.44. The monoisotopic (exact) mass is 842 g/mol. The summed E-state index contributed by atoms with van der Waals surface area (Å²) >= 11 is 0. The molecule has 64 heavy (non-hydrogen) atoms. The van der Waals surface area contributed by atoms with Crippen molar-refractivity contribution in [1.82, 2.24) is 9.55 Å². The Balaban J connectivity index is 1.15. The van der Waals surface area contributed by atoms with Gasteiger partial charge in [-0.1, -0.05) is 161 Å². The molecule has 0 unspecified atom stereocenters. The lowest BCUT2D eigenvalue weighted by Gasteiger charge is -2.29. The molecule has 8 aromatic rings. The number of nitrogens with zero attached hydrogens (tertiary/aromatic N) is 4. The molecule has 0 saturated heterocycles. The van der Waals surface area contributed by atoms with Crippen molar-refractivity contribution in [2.45, 2.75) is 97.8 Å². The van der Waals surface area contributed by atoms with Crippen LogP contribution >= 0.6 is 0 Å². The molecule has 0 saturated carbocycles. The zero-order valence-electron chi connectivity index (χ0n) is 39.5. The molecule has 0 aliphatic carbocycles. The van der Waals surface area contributed by atoms with Crippen LogP contribution in [0.5, 0.6) is 11.5 Å². The number of aromatic nitrogens is 2. The molecule has 0 amide bonds. The van der Waals surface area contributed by atoms with Gasteiger partial charge in [0.15, 0.2) is 0 Å². The normalized spacial score (nSPS) is 13.7. The number of fused-ring (bicyclic) bond motifs is 3. The zero-order valence-corrected chi connectivity index (χ0v) is 39.5.